The van der Waals surface area contributed by atoms with Gasteiger partial charge in [-0.15, -0.1) is 11.3 Å². The number of Topliss-reactive ketones (excluding diaryl/α,β-unsaturated/α-hetero) is 1. The Hall–Kier alpha value is -1.75. The topological polar surface area (TPSA) is 60.2 Å². The summed E-state index contributed by atoms with van der Waals surface area (Å²) in [5.74, 6) is -0.0678. The van der Waals surface area contributed by atoms with Gasteiger partial charge in [0.05, 0.1) is 4.92 Å². The average molecular weight is 221 g/mol. The highest BCUT2D eigenvalue weighted by Gasteiger charge is 2.12. The molecule has 2 aromatic rings. The number of thiophene rings is 1. The quantitative estimate of drug-likeness (QED) is 0.445. The van der Waals surface area contributed by atoms with Gasteiger partial charge in [-0.05, 0) is 13.0 Å². The van der Waals surface area contributed by atoms with Crippen LogP contribution in [-0.2, 0) is 0 Å². The van der Waals surface area contributed by atoms with Gasteiger partial charge in [0.1, 0.15) is 0 Å². The number of carbonyl (C=O) groups is 1. The Morgan fingerprint density at radius 3 is 2.80 bits per heavy atom. The third-order valence-corrected chi connectivity index (χ3v) is 3.11. The minimum atomic E-state index is -0.457. The smallest absolute Gasteiger partial charge is 0.270 e. The molecule has 0 aliphatic heterocycles. The van der Waals surface area contributed by atoms with Gasteiger partial charge >= 0.3 is 0 Å². The number of rotatable bonds is 2. The van der Waals surface area contributed by atoms with Crippen molar-refractivity contribution >= 4 is 32.9 Å². The third-order valence-electron chi connectivity index (χ3n) is 2.15. The number of fused-ring (bicyclic) bond motifs is 1. The molecule has 0 spiro atoms. The van der Waals surface area contributed by atoms with Crippen LogP contribution in [0.15, 0.2) is 23.6 Å². The molecule has 1 aromatic carbocycles. The van der Waals surface area contributed by atoms with E-state index in [4.69, 9.17) is 0 Å². The fourth-order valence-electron chi connectivity index (χ4n) is 1.40. The molecule has 5 heteroatoms. The molecule has 0 saturated heterocycles. The molecule has 0 amide bonds. The number of non-ortho nitro benzene ring substituents is 1. The van der Waals surface area contributed by atoms with Gasteiger partial charge in [0.2, 0.25) is 0 Å². The van der Waals surface area contributed by atoms with E-state index in [9.17, 15) is 14.9 Å². The zero-order valence-corrected chi connectivity index (χ0v) is 8.71. The Labute approximate surface area is 89.3 Å². The van der Waals surface area contributed by atoms with E-state index in [1.807, 2.05) is 0 Å². The number of hydrogen-bond donors (Lipinski definition) is 0. The number of nitrogens with zero attached hydrogens (tertiary/aromatic N) is 1. The summed E-state index contributed by atoms with van der Waals surface area (Å²) >= 11 is 1.42. The van der Waals surface area contributed by atoms with Crippen LogP contribution < -0.4 is 0 Å². The Balaban J connectivity index is 2.72. The average Bonchev–Trinajstić information content (AvgIpc) is 2.59. The number of hydrogen-bond acceptors (Lipinski definition) is 4. The molecule has 0 fully saturated rings. The van der Waals surface area contributed by atoms with E-state index in [-0.39, 0.29) is 11.5 Å². The number of nitro groups is 1. The molecule has 0 unspecified atom stereocenters. The zero-order valence-electron chi connectivity index (χ0n) is 7.89. The molecule has 76 valence electrons. The predicted octanol–water partition coefficient (Wildman–Crippen LogP) is 3.01. The van der Waals surface area contributed by atoms with Crippen molar-refractivity contribution in [2.75, 3.05) is 0 Å². The van der Waals surface area contributed by atoms with Crippen LogP contribution in [0.1, 0.15) is 17.3 Å². The third kappa shape index (κ3) is 1.61. The fraction of sp³-hybridized carbons (Fsp3) is 0.100. The van der Waals surface area contributed by atoms with Crippen LogP contribution in [0.25, 0.3) is 10.1 Å². The first-order valence-electron chi connectivity index (χ1n) is 4.26. The molecule has 1 aromatic heterocycles. The molecule has 0 aliphatic rings. The van der Waals surface area contributed by atoms with E-state index in [1.54, 1.807) is 11.4 Å². The van der Waals surface area contributed by atoms with Gasteiger partial charge in [-0.3, -0.25) is 14.9 Å². The summed E-state index contributed by atoms with van der Waals surface area (Å²) in [5.41, 5.74) is 0.571. The Morgan fingerprint density at radius 2 is 2.20 bits per heavy atom. The molecule has 15 heavy (non-hydrogen) atoms. The van der Waals surface area contributed by atoms with Crippen molar-refractivity contribution in [1.82, 2.24) is 0 Å². The van der Waals surface area contributed by atoms with Gasteiger partial charge in [0.15, 0.2) is 5.78 Å². The van der Waals surface area contributed by atoms with Gasteiger partial charge in [0, 0.05) is 33.2 Å². The molecule has 0 bridgehead atoms. The molecule has 4 nitrogen and oxygen atoms in total. The minimum absolute atomic E-state index is 0.0170. The summed E-state index contributed by atoms with van der Waals surface area (Å²) in [6.45, 7) is 1.46. The standard InChI is InChI=1S/C10H7NO3S/c1-6(12)9-5-15-10-3-2-7(11(13)14)4-8(9)10/h2-5H,1H3. The van der Waals surface area contributed by atoms with Crippen LogP contribution in [0.5, 0.6) is 0 Å². The maximum Gasteiger partial charge on any atom is 0.270 e. The van der Waals surface area contributed by atoms with Crippen molar-refractivity contribution in [2.45, 2.75) is 6.92 Å². The van der Waals surface area contributed by atoms with Crippen molar-refractivity contribution in [3.8, 4) is 0 Å². The van der Waals surface area contributed by atoms with Crippen LogP contribution in [0, 0.1) is 10.1 Å². The van der Waals surface area contributed by atoms with Crippen molar-refractivity contribution in [2.24, 2.45) is 0 Å². The Morgan fingerprint density at radius 1 is 1.47 bits per heavy atom. The van der Waals surface area contributed by atoms with E-state index in [1.165, 1.54) is 30.4 Å². The fourth-order valence-corrected chi connectivity index (χ4v) is 2.38. The van der Waals surface area contributed by atoms with E-state index < -0.39 is 4.92 Å². The molecule has 0 saturated carbocycles. The Bertz CT molecular complexity index is 559. The molecule has 0 N–H and O–H groups in total. The highest BCUT2D eigenvalue weighted by atomic mass is 32.1. The van der Waals surface area contributed by atoms with Crippen LogP contribution >= 0.6 is 11.3 Å². The minimum Gasteiger partial charge on any atom is -0.294 e. The van der Waals surface area contributed by atoms with Crippen molar-refractivity contribution < 1.29 is 9.72 Å². The number of ketones is 1. The SMILES string of the molecule is CC(=O)c1csc2ccc([N+](=O)[O-])cc12. The van der Waals surface area contributed by atoms with Crippen molar-refractivity contribution in [3.63, 3.8) is 0 Å². The van der Waals surface area contributed by atoms with Crippen molar-refractivity contribution in [3.05, 3.63) is 39.3 Å². The molecule has 0 radical (unpaired) electrons. The number of benzene rings is 1. The van der Waals surface area contributed by atoms with E-state index in [2.05, 4.69) is 0 Å². The van der Waals surface area contributed by atoms with Gasteiger partial charge in [0.25, 0.3) is 5.69 Å². The van der Waals surface area contributed by atoms with Crippen LogP contribution in [0.2, 0.25) is 0 Å². The number of nitro benzene ring substituents is 1. The van der Waals surface area contributed by atoms with Gasteiger partial charge < -0.3 is 0 Å². The summed E-state index contributed by atoms with van der Waals surface area (Å²) in [7, 11) is 0. The van der Waals surface area contributed by atoms with Crippen LogP contribution in [0.3, 0.4) is 0 Å². The summed E-state index contributed by atoms with van der Waals surface area (Å²) in [6, 6.07) is 4.57. The summed E-state index contributed by atoms with van der Waals surface area (Å²) in [5, 5.41) is 13.0. The molecular formula is C10H7NO3S. The summed E-state index contributed by atoms with van der Waals surface area (Å²) < 4.78 is 0.894. The first-order chi connectivity index (χ1) is 7.09. The lowest BCUT2D eigenvalue weighted by Crippen LogP contribution is -1.90. The molecule has 0 atom stereocenters. The Kier molecular flexibility index (Phi) is 2.24. The summed E-state index contributed by atoms with van der Waals surface area (Å²) in [4.78, 5) is 21.4. The van der Waals surface area contributed by atoms with Gasteiger partial charge in [-0.1, -0.05) is 0 Å². The second kappa shape index (κ2) is 3.43. The molecular weight excluding hydrogens is 214 g/mol. The van der Waals surface area contributed by atoms with Gasteiger partial charge in [-0.25, -0.2) is 0 Å². The first kappa shape index (κ1) is 9.79. The maximum absolute atomic E-state index is 11.2. The molecule has 2 rings (SSSR count). The van der Waals surface area contributed by atoms with Crippen molar-refractivity contribution in [1.29, 1.82) is 0 Å². The molecule has 1 heterocycles. The second-order valence-corrected chi connectivity index (χ2v) is 4.05. The van der Waals surface area contributed by atoms with E-state index >= 15 is 0 Å². The van der Waals surface area contributed by atoms with Crippen LogP contribution in [0.4, 0.5) is 5.69 Å². The van der Waals surface area contributed by atoms with Gasteiger partial charge in [-0.2, -0.15) is 0 Å². The molecule has 0 aliphatic carbocycles. The predicted molar refractivity (Wildman–Crippen MR) is 58.5 cm³/mol. The van der Waals surface area contributed by atoms with E-state index in [0.29, 0.717) is 10.9 Å². The zero-order chi connectivity index (χ0) is 11.0. The lowest BCUT2D eigenvalue weighted by Gasteiger charge is -1.94. The normalized spacial score (nSPS) is 10.5. The largest absolute Gasteiger partial charge is 0.294 e. The maximum atomic E-state index is 11.2. The monoisotopic (exact) mass is 221 g/mol. The highest BCUT2D eigenvalue weighted by molar-refractivity contribution is 7.17. The van der Waals surface area contributed by atoms with E-state index in [0.717, 1.165) is 4.70 Å². The highest BCUT2D eigenvalue weighted by Crippen LogP contribution is 2.29. The lowest BCUT2D eigenvalue weighted by atomic mass is 10.1. The lowest BCUT2D eigenvalue weighted by molar-refractivity contribution is -0.384. The summed E-state index contributed by atoms with van der Waals surface area (Å²) in [6.07, 6.45) is 0. The first-order valence-corrected chi connectivity index (χ1v) is 5.14. The second-order valence-electron chi connectivity index (χ2n) is 3.14. The number of carbonyl (C=O) groups excluding carboxylic acids is 1. The van der Waals surface area contributed by atoms with Crippen LogP contribution in [-0.4, -0.2) is 10.7 Å².